The summed E-state index contributed by atoms with van der Waals surface area (Å²) in [5.41, 5.74) is 3.59. The number of carbonyl (C=O) groups is 1. The third kappa shape index (κ3) is 4.71. The molecule has 8 heteroatoms. The summed E-state index contributed by atoms with van der Waals surface area (Å²) in [5, 5.41) is 2.78. The van der Waals surface area contributed by atoms with Crippen molar-refractivity contribution in [2.45, 2.75) is 52.5 Å². The van der Waals surface area contributed by atoms with Gasteiger partial charge in [0.15, 0.2) is 0 Å². The fraction of sp³-hybridized carbons (Fsp3) is 0.500. The minimum Gasteiger partial charge on any atom is -0.372 e. The summed E-state index contributed by atoms with van der Waals surface area (Å²) in [6.07, 6.45) is 0.900. The van der Waals surface area contributed by atoms with Gasteiger partial charge in [0.25, 0.3) is 5.56 Å². The van der Waals surface area contributed by atoms with Crippen LogP contribution in [0.3, 0.4) is 0 Å². The fourth-order valence-electron chi connectivity index (χ4n) is 4.27. The molecule has 2 atom stereocenters. The lowest BCUT2D eigenvalue weighted by Gasteiger charge is -2.36. The Morgan fingerprint density at radius 1 is 1.23 bits per heavy atom. The molecule has 30 heavy (non-hydrogen) atoms. The van der Waals surface area contributed by atoms with Crippen LogP contribution < -0.4 is 15.8 Å². The number of ether oxygens (including phenoxy) is 1. The molecule has 1 fully saturated rings. The van der Waals surface area contributed by atoms with E-state index < -0.39 is 0 Å². The molecule has 1 amide bonds. The van der Waals surface area contributed by atoms with Gasteiger partial charge in [-0.1, -0.05) is 12.1 Å². The van der Waals surface area contributed by atoms with Gasteiger partial charge in [-0.3, -0.25) is 19.5 Å². The molecule has 1 saturated heterocycles. The molecule has 1 aromatic carbocycles. The highest BCUT2D eigenvalue weighted by Crippen LogP contribution is 2.21. The van der Waals surface area contributed by atoms with Crippen molar-refractivity contribution < 1.29 is 9.53 Å². The van der Waals surface area contributed by atoms with Crippen LogP contribution in [0.2, 0.25) is 0 Å². The van der Waals surface area contributed by atoms with Gasteiger partial charge < -0.3 is 15.0 Å². The molecule has 0 saturated carbocycles. The van der Waals surface area contributed by atoms with E-state index in [9.17, 15) is 9.59 Å². The van der Waals surface area contributed by atoms with Crippen molar-refractivity contribution >= 4 is 17.5 Å². The van der Waals surface area contributed by atoms with Crippen LogP contribution >= 0.6 is 0 Å². The molecule has 4 rings (SSSR count). The summed E-state index contributed by atoms with van der Waals surface area (Å²) in [6.45, 7) is 9.25. The van der Waals surface area contributed by atoms with Gasteiger partial charge in [-0.25, -0.2) is 4.98 Å². The summed E-state index contributed by atoms with van der Waals surface area (Å²) in [4.78, 5) is 36.1. The van der Waals surface area contributed by atoms with Crippen LogP contribution in [0.25, 0.3) is 0 Å². The predicted molar refractivity (Wildman–Crippen MR) is 116 cm³/mol. The quantitative estimate of drug-likeness (QED) is 0.799. The Balaban J connectivity index is 1.48. The zero-order chi connectivity index (χ0) is 21.3. The summed E-state index contributed by atoms with van der Waals surface area (Å²) in [5.74, 6) is 0.564. The number of aromatic nitrogens is 2. The van der Waals surface area contributed by atoms with Crippen molar-refractivity contribution in [2.24, 2.45) is 0 Å². The smallest absolute Gasteiger partial charge is 0.255 e. The second-order valence-electron chi connectivity index (χ2n) is 8.32. The molecule has 2 aliphatic rings. The lowest BCUT2D eigenvalue weighted by molar-refractivity contribution is -0.114. The molecule has 1 aromatic heterocycles. The third-order valence-electron chi connectivity index (χ3n) is 5.54. The number of H-pyrrole nitrogens is 1. The third-order valence-corrected chi connectivity index (χ3v) is 5.54. The normalized spacial score (nSPS) is 21.9. The standard InChI is InChI=1S/C22H29N5O3/c1-14-10-27(11-15(2)30-14)22-24-20-13-26(9-8-19(20)21(29)25-22)12-17-4-6-18(7-5-17)23-16(3)28/h4-7,14-15H,8-13H2,1-3H3,(H,23,28)(H,24,25,29)/t14-,15+. The number of carbonyl (C=O) groups excluding carboxylic acids is 1. The van der Waals surface area contributed by atoms with Gasteiger partial charge in [0.1, 0.15) is 0 Å². The van der Waals surface area contributed by atoms with Crippen LogP contribution in [0.5, 0.6) is 0 Å². The zero-order valence-electron chi connectivity index (χ0n) is 17.8. The van der Waals surface area contributed by atoms with Crippen molar-refractivity contribution in [2.75, 3.05) is 29.9 Å². The van der Waals surface area contributed by atoms with Crippen LogP contribution in [0.1, 0.15) is 37.6 Å². The van der Waals surface area contributed by atoms with Crippen LogP contribution in [-0.2, 0) is 29.0 Å². The molecule has 2 aromatic rings. The average Bonchev–Trinajstić information content (AvgIpc) is 2.68. The average molecular weight is 412 g/mol. The molecule has 0 radical (unpaired) electrons. The SMILES string of the molecule is CC(=O)Nc1ccc(CN2CCc3c(nc(N4C[C@@H](C)O[C@@H](C)C4)[nH]c3=O)C2)cc1. The Morgan fingerprint density at radius 2 is 1.93 bits per heavy atom. The summed E-state index contributed by atoms with van der Waals surface area (Å²) < 4.78 is 5.80. The molecule has 2 N–H and O–H groups in total. The van der Waals surface area contributed by atoms with E-state index in [0.717, 1.165) is 48.7 Å². The molecule has 0 aliphatic carbocycles. The first-order chi connectivity index (χ1) is 14.4. The number of rotatable bonds is 4. The first-order valence-electron chi connectivity index (χ1n) is 10.5. The van der Waals surface area contributed by atoms with Gasteiger partial charge in [-0.2, -0.15) is 0 Å². The van der Waals surface area contributed by atoms with Crippen LogP contribution in [0.15, 0.2) is 29.1 Å². The van der Waals surface area contributed by atoms with E-state index in [2.05, 4.69) is 20.1 Å². The van der Waals surface area contributed by atoms with E-state index in [1.807, 2.05) is 38.1 Å². The molecule has 8 nitrogen and oxygen atoms in total. The second-order valence-corrected chi connectivity index (χ2v) is 8.32. The minimum absolute atomic E-state index is 0.0268. The van der Waals surface area contributed by atoms with E-state index >= 15 is 0 Å². The number of anilines is 2. The second kappa shape index (κ2) is 8.57. The first kappa shape index (κ1) is 20.6. The summed E-state index contributed by atoms with van der Waals surface area (Å²) >= 11 is 0. The molecule has 0 spiro atoms. The Bertz CT molecular complexity index is 962. The Labute approximate surface area is 176 Å². The number of aromatic amines is 1. The van der Waals surface area contributed by atoms with Gasteiger partial charge in [-0.15, -0.1) is 0 Å². The summed E-state index contributed by atoms with van der Waals surface area (Å²) in [7, 11) is 0. The Morgan fingerprint density at radius 3 is 2.60 bits per heavy atom. The topological polar surface area (TPSA) is 90.6 Å². The van der Waals surface area contributed by atoms with Gasteiger partial charge in [0.2, 0.25) is 11.9 Å². The van der Waals surface area contributed by atoms with Gasteiger partial charge >= 0.3 is 0 Å². The van der Waals surface area contributed by atoms with E-state index in [1.54, 1.807) is 0 Å². The van der Waals surface area contributed by atoms with Gasteiger partial charge in [0.05, 0.1) is 17.9 Å². The number of nitrogens with one attached hydrogen (secondary N) is 2. The number of nitrogens with zero attached hydrogens (tertiary/aromatic N) is 3. The highest BCUT2D eigenvalue weighted by molar-refractivity contribution is 5.88. The monoisotopic (exact) mass is 411 g/mol. The Kier molecular flexibility index (Phi) is 5.87. The highest BCUT2D eigenvalue weighted by Gasteiger charge is 2.27. The lowest BCUT2D eigenvalue weighted by atomic mass is 10.1. The molecular weight excluding hydrogens is 382 g/mol. The van der Waals surface area contributed by atoms with Crippen molar-refractivity contribution in [3.63, 3.8) is 0 Å². The van der Waals surface area contributed by atoms with E-state index in [0.29, 0.717) is 18.9 Å². The van der Waals surface area contributed by atoms with Gasteiger partial charge in [-0.05, 0) is 38.0 Å². The maximum absolute atomic E-state index is 12.7. The lowest BCUT2D eigenvalue weighted by Crippen LogP contribution is -2.47. The molecular formula is C22H29N5O3. The number of amides is 1. The number of morpholine rings is 1. The largest absolute Gasteiger partial charge is 0.372 e. The fourth-order valence-corrected chi connectivity index (χ4v) is 4.27. The van der Waals surface area contributed by atoms with E-state index in [4.69, 9.17) is 9.72 Å². The molecule has 0 unspecified atom stereocenters. The van der Waals surface area contributed by atoms with Gasteiger partial charge in [0, 0.05) is 50.9 Å². The molecule has 3 heterocycles. The van der Waals surface area contributed by atoms with Crippen LogP contribution in [0, 0.1) is 0 Å². The van der Waals surface area contributed by atoms with Crippen molar-refractivity contribution in [1.82, 2.24) is 14.9 Å². The minimum atomic E-state index is -0.0773. The van der Waals surface area contributed by atoms with E-state index in [1.165, 1.54) is 6.92 Å². The maximum Gasteiger partial charge on any atom is 0.255 e. The molecule has 160 valence electrons. The summed E-state index contributed by atoms with van der Waals surface area (Å²) in [6, 6.07) is 7.87. The van der Waals surface area contributed by atoms with Crippen LogP contribution in [0.4, 0.5) is 11.6 Å². The number of hydrogen-bond acceptors (Lipinski definition) is 6. The maximum atomic E-state index is 12.7. The zero-order valence-corrected chi connectivity index (χ0v) is 17.8. The highest BCUT2D eigenvalue weighted by atomic mass is 16.5. The van der Waals surface area contributed by atoms with Crippen LogP contribution in [-0.4, -0.2) is 52.6 Å². The predicted octanol–water partition coefficient (Wildman–Crippen LogP) is 1.90. The molecule has 2 aliphatic heterocycles. The molecule has 0 bridgehead atoms. The number of hydrogen-bond donors (Lipinski definition) is 2. The Hall–Kier alpha value is -2.71. The van der Waals surface area contributed by atoms with Crippen molar-refractivity contribution in [1.29, 1.82) is 0 Å². The number of benzene rings is 1. The van der Waals surface area contributed by atoms with E-state index in [-0.39, 0.29) is 23.7 Å². The van der Waals surface area contributed by atoms with Crippen molar-refractivity contribution in [3.8, 4) is 0 Å². The van der Waals surface area contributed by atoms with Crippen molar-refractivity contribution in [3.05, 3.63) is 51.4 Å². The number of fused-ring (bicyclic) bond motifs is 1. The first-order valence-corrected chi connectivity index (χ1v) is 10.5.